The molecular weight excluding hydrogens is 354 g/mol. The molecule has 1 aliphatic heterocycles. The number of carbonyl (C=O) groups excluding carboxylic acids is 2. The van der Waals surface area contributed by atoms with Crippen molar-refractivity contribution in [1.82, 2.24) is 0 Å². The fourth-order valence-corrected chi connectivity index (χ4v) is 5.57. The molecule has 2 aromatic carbocycles. The molecule has 4 atom stereocenters. The normalized spacial score (nSPS) is 32.1. The number of halogens is 1. The fraction of sp³-hybridized carbons (Fsp3) is 0.368. The number of nitrogens with zero attached hydrogens (tertiary/aromatic N) is 1. The molecule has 0 N–H and O–H groups in total. The highest BCUT2D eigenvalue weighted by atomic mass is 79.9. The highest BCUT2D eigenvalue weighted by Gasteiger charge is 2.61. The van der Waals surface area contributed by atoms with Gasteiger partial charge in [0.15, 0.2) is 0 Å². The summed E-state index contributed by atoms with van der Waals surface area (Å²) in [4.78, 5) is 27.5. The molecule has 2 saturated carbocycles. The number of hydrogen-bond acceptors (Lipinski definition) is 2. The molecule has 5 rings (SSSR count). The van der Waals surface area contributed by atoms with Crippen LogP contribution in [0.4, 0.5) is 5.69 Å². The Hall–Kier alpha value is -1.68. The molecule has 1 saturated heterocycles. The zero-order chi connectivity index (χ0) is 15.7. The van der Waals surface area contributed by atoms with E-state index in [2.05, 4.69) is 15.9 Å². The van der Waals surface area contributed by atoms with Crippen molar-refractivity contribution in [3.63, 3.8) is 0 Å². The van der Waals surface area contributed by atoms with Crippen LogP contribution in [0.25, 0.3) is 10.8 Å². The van der Waals surface area contributed by atoms with Crippen molar-refractivity contribution in [2.75, 3.05) is 4.90 Å². The van der Waals surface area contributed by atoms with Gasteiger partial charge in [-0.2, -0.15) is 0 Å². The Kier molecular flexibility index (Phi) is 2.79. The van der Waals surface area contributed by atoms with Crippen LogP contribution in [0.15, 0.2) is 40.9 Å². The van der Waals surface area contributed by atoms with Gasteiger partial charge in [0.1, 0.15) is 0 Å². The number of imide groups is 1. The van der Waals surface area contributed by atoms with Crippen LogP contribution < -0.4 is 4.90 Å². The third kappa shape index (κ3) is 1.70. The van der Waals surface area contributed by atoms with Gasteiger partial charge in [-0.3, -0.25) is 9.59 Å². The number of rotatable bonds is 1. The van der Waals surface area contributed by atoms with E-state index in [1.165, 1.54) is 4.90 Å². The van der Waals surface area contributed by atoms with E-state index in [9.17, 15) is 9.59 Å². The van der Waals surface area contributed by atoms with Crippen LogP contribution in [0.5, 0.6) is 0 Å². The first-order valence-corrected chi connectivity index (χ1v) is 9.01. The van der Waals surface area contributed by atoms with Crippen LogP contribution in [0.3, 0.4) is 0 Å². The summed E-state index contributed by atoms with van der Waals surface area (Å²) in [5.74, 6) is 0.771. The maximum atomic E-state index is 13.0. The second-order valence-corrected chi connectivity index (χ2v) is 7.86. The van der Waals surface area contributed by atoms with Crippen molar-refractivity contribution in [1.29, 1.82) is 0 Å². The third-order valence-electron chi connectivity index (χ3n) is 6.02. The number of anilines is 1. The minimum Gasteiger partial charge on any atom is -0.274 e. The van der Waals surface area contributed by atoms with Gasteiger partial charge < -0.3 is 0 Å². The number of carbonyl (C=O) groups is 2. The largest absolute Gasteiger partial charge is 0.274 e. The highest BCUT2D eigenvalue weighted by molar-refractivity contribution is 9.10. The standard InChI is InChI=1S/C19H16BrNO2/c20-14-7-8-15(13-4-2-1-3-12(13)14)21-18(22)16-10-5-6-11(9-10)17(16)19(21)23/h1-4,7-8,10-11,16-17H,5-6,9H2/t10-,11+,16-,17+. The second-order valence-electron chi connectivity index (χ2n) is 7.01. The molecule has 2 aliphatic carbocycles. The van der Waals surface area contributed by atoms with Crippen LogP contribution >= 0.6 is 15.9 Å². The molecular formula is C19H16BrNO2. The molecule has 116 valence electrons. The first kappa shape index (κ1) is 13.7. The lowest BCUT2D eigenvalue weighted by atomic mass is 9.81. The summed E-state index contributed by atoms with van der Waals surface area (Å²) >= 11 is 3.56. The summed E-state index contributed by atoms with van der Waals surface area (Å²) in [5, 5.41) is 1.99. The predicted molar refractivity (Wildman–Crippen MR) is 92.0 cm³/mol. The van der Waals surface area contributed by atoms with E-state index in [0.29, 0.717) is 11.8 Å². The third-order valence-corrected chi connectivity index (χ3v) is 6.71. The Bertz CT molecular complexity index is 834. The number of hydrogen-bond donors (Lipinski definition) is 0. The SMILES string of the molecule is O=C1[C@@H]2[C@@H]3CC[C@@H](C3)[C@@H]2C(=O)N1c1ccc(Br)c2ccccc12. The average molecular weight is 370 g/mol. The van der Waals surface area contributed by atoms with E-state index in [4.69, 9.17) is 0 Å². The smallest absolute Gasteiger partial charge is 0.237 e. The van der Waals surface area contributed by atoms with Gasteiger partial charge in [0.05, 0.1) is 17.5 Å². The van der Waals surface area contributed by atoms with Crippen molar-refractivity contribution >= 4 is 44.2 Å². The van der Waals surface area contributed by atoms with Crippen LogP contribution in [0.2, 0.25) is 0 Å². The van der Waals surface area contributed by atoms with E-state index in [0.717, 1.165) is 40.2 Å². The van der Waals surface area contributed by atoms with Crippen molar-refractivity contribution in [3.8, 4) is 0 Å². The molecule has 2 aromatic rings. The molecule has 1 heterocycles. The van der Waals surface area contributed by atoms with Crippen molar-refractivity contribution < 1.29 is 9.59 Å². The summed E-state index contributed by atoms with van der Waals surface area (Å²) in [6, 6.07) is 11.7. The molecule has 0 aromatic heterocycles. The van der Waals surface area contributed by atoms with E-state index in [1.807, 2.05) is 36.4 Å². The van der Waals surface area contributed by atoms with Crippen molar-refractivity contribution in [3.05, 3.63) is 40.9 Å². The van der Waals surface area contributed by atoms with Crippen LogP contribution in [-0.2, 0) is 9.59 Å². The summed E-state index contributed by atoms with van der Waals surface area (Å²) in [6.07, 6.45) is 3.29. The van der Waals surface area contributed by atoms with E-state index >= 15 is 0 Å². The van der Waals surface area contributed by atoms with Crippen molar-refractivity contribution in [2.45, 2.75) is 19.3 Å². The first-order chi connectivity index (χ1) is 11.2. The summed E-state index contributed by atoms with van der Waals surface area (Å²) < 4.78 is 0.983. The minimum absolute atomic E-state index is 0.0275. The van der Waals surface area contributed by atoms with E-state index < -0.39 is 0 Å². The Balaban J connectivity index is 1.67. The van der Waals surface area contributed by atoms with Gasteiger partial charge in [0.25, 0.3) is 0 Å². The Morgan fingerprint density at radius 1 is 0.870 bits per heavy atom. The van der Waals surface area contributed by atoms with Crippen LogP contribution in [0.1, 0.15) is 19.3 Å². The van der Waals surface area contributed by atoms with Gasteiger partial charge in [0, 0.05) is 9.86 Å². The zero-order valence-corrected chi connectivity index (χ0v) is 14.1. The maximum Gasteiger partial charge on any atom is 0.237 e. The van der Waals surface area contributed by atoms with Gasteiger partial charge in [-0.15, -0.1) is 0 Å². The lowest BCUT2D eigenvalue weighted by Gasteiger charge is -2.19. The van der Waals surface area contributed by atoms with Gasteiger partial charge >= 0.3 is 0 Å². The lowest BCUT2D eigenvalue weighted by molar-refractivity contribution is -0.123. The molecule has 0 unspecified atom stereocenters. The molecule has 2 bridgehead atoms. The summed E-state index contributed by atoms with van der Waals surface area (Å²) in [7, 11) is 0. The Morgan fingerprint density at radius 3 is 2.13 bits per heavy atom. The quantitative estimate of drug-likeness (QED) is 0.708. The van der Waals surface area contributed by atoms with Gasteiger partial charge in [0.2, 0.25) is 11.8 Å². The fourth-order valence-electron chi connectivity index (χ4n) is 5.09. The molecule has 3 aliphatic rings. The van der Waals surface area contributed by atoms with Crippen LogP contribution in [0, 0.1) is 23.7 Å². The lowest BCUT2D eigenvalue weighted by Crippen LogP contribution is -2.32. The van der Waals surface area contributed by atoms with Crippen LogP contribution in [-0.4, -0.2) is 11.8 Å². The molecule has 4 heteroatoms. The second kappa shape index (κ2) is 4.67. The topological polar surface area (TPSA) is 37.4 Å². The monoisotopic (exact) mass is 369 g/mol. The molecule has 23 heavy (non-hydrogen) atoms. The number of benzene rings is 2. The van der Waals surface area contributed by atoms with E-state index in [-0.39, 0.29) is 23.7 Å². The van der Waals surface area contributed by atoms with E-state index in [1.54, 1.807) is 0 Å². The Morgan fingerprint density at radius 2 is 1.48 bits per heavy atom. The summed E-state index contributed by atoms with van der Waals surface area (Å²) in [6.45, 7) is 0. The molecule has 3 fully saturated rings. The number of amides is 2. The predicted octanol–water partition coefficient (Wildman–Crippen LogP) is 4.14. The average Bonchev–Trinajstić information content (AvgIpc) is 3.24. The highest BCUT2D eigenvalue weighted by Crippen LogP contribution is 2.57. The molecule has 2 amide bonds. The molecule has 0 spiro atoms. The van der Waals surface area contributed by atoms with Gasteiger partial charge in [-0.25, -0.2) is 4.90 Å². The molecule has 3 nitrogen and oxygen atoms in total. The Labute approximate surface area is 142 Å². The van der Waals surface area contributed by atoms with Crippen molar-refractivity contribution in [2.24, 2.45) is 23.7 Å². The van der Waals surface area contributed by atoms with Gasteiger partial charge in [-0.1, -0.05) is 40.2 Å². The van der Waals surface area contributed by atoms with Gasteiger partial charge in [-0.05, 0) is 48.6 Å². The first-order valence-electron chi connectivity index (χ1n) is 8.22. The zero-order valence-electron chi connectivity index (χ0n) is 12.5. The maximum absolute atomic E-state index is 13.0. The molecule has 0 radical (unpaired) electrons. The summed E-state index contributed by atoms with van der Waals surface area (Å²) in [5.41, 5.74) is 0.743. The number of fused-ring (bicyclic) bond motifs is 6. The minimum atomic E-state index is -0.0661.